The standard InChI is InChI=1S/C30H31FN2O3/c1-3-5-6-22-7-9-23(10-8-22)11-12-24-13-15-25(16-14-24)21-33(30(36)32-19-4-2)26-17-18-28(31)27(20-26)29(34)35/h7-10,13-18,20H,3-6,19,21H2,1-2H3,(H,32,36)(H,34,35). The summed E-state index contributed by atoms with van der Waals surface area (Å²) in [5.74, 6) is 4.11. The van der Waals surface area contributed by atoms with Crippen molar-refractivity contribution in [2.45, 2.75) is 46.1 Å². The van der Waals surface area contributed by atoms with Crippen LogP contribution >= 0.6 is 0 Å². The van der Waals surface area contributed by atoms with Gasteiger partial charge in [-0.25, -0.2) is 14.0 Å². The lowest BCUT2D eigenvalue weighted by Crippen LogP contribution is -2.40. The fraction of sp³-hybridized carbons (Fsp3) is 0.267. The number of hydrogen-bond acceptors (Lipinski definition) is 2. The van der Waals surface area contributed by atoms with Crippen molar-refractivity contribution in [1.82, 2.24) is 5.32 Å². The van der Waals surface area contributed by atoms with E-state index in [4.69, 9.17) is 0 Å². The molecule has 0 fully saturated rings. The Bertz CT molecular complexity index is 1240. The number of rotatable bonds is 9. The number of halogens is 1. The van der Waals surface area contributed by atoms with Crippen LogP contribution in [-0.2, 0) is 13.0 Å². The monoisotopic (exact) mass is 486 g/mol. The molecule has 0 saturated heterocycles. The van der Waals surface area contributed by atoms with Crippen molar-refractivity contribution in [1.29, 1.82) is 0 Å². The minimum absolute atomic E-state index is 0.188. The van der Waals surface area contributed by atoms with Gasteiger partial charge in [0.1, 0.15) is 5.82 Å². The molecule has 0 bridgehead atoms. The highest BCUT2D eigenvalue weighted by molar-refractivity contribution is 5.95. The summed E-state index contributed by atoms with van der Waals surface area (Å²) < 4.78 is 13.9. The van der Waals surface area contributed by atoms with E-state index in [1.54, 1.807) is 0 Å². The normalized spacial score (nSPS) is 10.3. The van der Waals surface area contributed by atoms with E-state index in [1.807, 2.05) is 43.3 Å². The van der Waals surface area contributed by atoms with Gasteiger partial charge in [0.2, 0.25) is 0 Å². The molecular formula is C30H31FN2O3. The molecule has 0 heterocycles. The van der Waals surface area contributed by atoms with Crippen molar-refractivity contribution in [2.75, 3.05) is 11.4 Å². The Morgan fingerprint density at radius 3 is 2.06 bits per heavy atom. The van der Waals surface area contributed by atoms with Gasteiger partial charge in [-0.1, -0.05) is 56.4 Å². The summed E-state index contributed by atoms with van der Waals surface area (Å²) in [5, 5.41) is 12.1. The molecule has 0 spiro atoms. The van der Waals surface area contributed by atoms with Crippen LogP contribution in [0.4, 0.5) is 14.9 Å². The molecule has 0 unspecified atom stereocenters. The highest BCUT2D eigenvalue weighted by Crippen LogP contribution is 2.22. The third-order valence-electron chi connectivity index (χ3n) is 5.68. The maximum absolute atomic E-state index is 13.9. The average molecular weight is 487 g/mol. The van der Waals surface area contributed by atoms with Crippen LogP contribution in [0, 0.1) is 17.7 Å². The molecule has 2 N–H and O–H groups in total. The first-order chi connectivity index (χ1) is 17.4. The van der Waals surface area contributed by atoms with E-state index in [9.17, 15) is 19.1 Å². The summed E-state index contributed by atoms with van der Waals surface area (Å²) in [4.78, 5) is 25.6. The van der Waals surface area contributed by atoms with Gasteiger partial charge in [0.15, 0.2) is 0 Å². The van der Waals surface area contributed by atoms with Crippen LogP contribution in [-0.4, -0.2) is 23.7 Å². The molecule has 0 aliphatic rings. The number of carbonyl (C=O) groups is 2. The third kappa shape index (κ3) is 7.44. The molecule has 2 amide bonds. The van der Waals surface area contributed by atoms with E-state index in [1.165, 1.54) is 35.4 Å². The Morgan fingerprint density at radius 2 is 1.50 bits per heavy atom. The van der Waals surface area contributed by atoms with Crippen molar-refractivity contribution < 1.29 is 19.1 Å². The number of aromatic carboxylic acids is 1. The molecular weight excluding hydrogens is 455 g/mol. The average Bonchev–Trinajstić information content (AvgIpc) is 2.89. The SMILES string of the molecule is CCCCc1ccc(C#Cc2ccc(CN(C(=O)NCCC)c3ccc(F)c(C(=O)O)c3)cc2)cc1. The molecule has 0 atom stereocenters. The summed E-state index contributed by atoms with van der Waals surface area (Å²) in [6, 6.07) is 19.1. The number of hydrogen-bond donors (Lipinski definition) is 2. The molecule has 0 radical (unpaired) electrons. The second kappa shape index (κ2) is 13.1. The van der Waals surface area contributed by atoms with Crippen molar-refractivity contribution in [2.24, 2.45) is 0 Å². The number of benzene rings is 3. The van der Waals surface area contributed by atoms with Crippen molar-refractivity contribution in [3.05, 3.63) is 100 Å². The molecule has 6 heteroatoms. The fourth-order valence-electron chi connectivity index (χ4n) is 3.61. The van der Waals surface area contributed by atoms with Crippen LogP contribution in [0.15, 0.2) is 66.7 Å². The Labute approximate surface area is 212 Å². The molecule has 36 heavy (non-hydrogen) atoms. The number of carboxylic acid groups (broad SMARTS) is 1. The Balaban J connectivity index is 1.76. The first-order valence-corrected chi connectivity index (χ1v) is 12.2. The smallest absolute Gasteiger partial charge is 0.338 e. The minimum Gasteiger partial charge on any atom is -0.478 e. The van der Waals surface area contributed by atoms with Crippen LogP contribution in [0.5, 0.6) is 0 Å². The van der Waals surface area contributed by atoms with E-state index in [0.29, 0.717) is 12.2 Å². The summed E-state index contributed by atoms with van der Waals surface area (Å²) in [6.45, 7) is 4.77. The lowest BCUT2D eigenvalue weighted by molar-refractivity contribution is 0.0692. The van der Waals surface area contributed by atoms with Crippen LogP contribution in [0.1, 0.15) is 65.7 Å². The second-order valence-electron chi connectivity index (χ2n) is 8.53. The maximum atomic E-state index is 13.9. The van der Waals surface area contributed by atoms with Gasteiger partial charge < -0.3 is 10.4 Å². The first-order valence-electron chi connectivity index (χ1n) is 12.2. The Morgan fingerprint density at radius 1 is 0.889 bits per heavy atom. The molecule has 5 nitrogen and oxygen atoms in total. The third-order valence-corrected chi connectivity index (χ3v) is 5.68. The zero-order valence-corrected chi connectivity index (χ0v) is 20.7. The van der Waals surface area contributed by atoms with Gasteiger partial charge >= 0.3 is 12.0 Å². The van der Waals surface area contributed by atoms with Crippen molar-refractivity contribution in [3.63, 3.8) is 0 Å². The van der Waals surface area contributed by atoms with Gasteiger partial charge in [-0.3, -0.25) is 4.90 Å². The summed E-state index contributed by atoms with van der Waals surface area (Å²) in [6.07, 6.45) is 4.18. The predicted octanol–water partition coefficient (Wildman–Crippen LogP) is 6.39. The van der Waals surface area contributed by atoms with Gasteiger partial charge in [-0.05, 0) is 72.9 Å². The van der Waals surface area contributed by atoms with Crippen molar-refractivity contribution >= 4 is 17.7 Å². The van der Waals surface area contributed by atoms with E-state index in [2.05, 4.69) is 36.2 Å². The topological polar surface area (TPSA) is 69.6 Å². The Hall–Kier alpha value is -4.11. The number of aryl methyl sites for hydroxylation is 1. The van der Waals surface area contributed by atoms with E-state index in [-0.39, 0.29) is 12.6 Å². The van der Waals surface area contributed by atoms with Gasteiger partial charge in [-0.15, -0.1) is 0 Å². The van der Waals surface area contributed by atoms with E-state index in [0.717, 1.165) is 35.6 Å². The molecule has 0 aliphatic carbocycles. The van der Waals surface area contributed by atoms with Crippen LogP contribution in [0.2, 0.25) is 0 Å². The van der Waals surface area contributed by atoms with Gasteiger partial charge in [0.25, 0.3) is 0 Å². The number of unbranched alkanes of at least 4 members (excludes halogenated alkanes) is 1. The molecule has 3 aromatic rings. The maximum Gasteiger partial charge on any atom is 0.338 e. The zero-order valence-electron chi connectivity index (χ0n) is 20.7. The molecule has 3 aromatic carbocycles. The molecule has 0 aromatic heterocycles. The van der Waals surface area contributed by atoms with Gasteiger partial charge in [0.05, 0.1) is 12.1 Å². The number of urea groups is 1. The molecule has 186 valence electrons. The van der Waals surface area contributed by atoms with Crippen LogP contribution < -0.4 is 10.2 Å². The lowest BCUT2D eigenvalue weighted by atomic mass is 10.1. The summed E-state index contributed by atoms with van der Waals surface area (Å²) >= 11 is 0. The molecule has 3 rings (SSSR count). The largest absolute Gasteiger partial charge is 0.478 e. The number of anilines is 1. The number of amides is 2. The first kappa shape index (κ1) is 26.5. The highest BCUT2D eigenvalue weighted by Gasteiger charge is 2.19. The van der Waals surface area contributed by atoms with Crippen molar-refractivity contribution in [3.8, 4) is 11.8 Å². The summed E-state index contributed by atoms with van der Waals surface area (Å²) in [7, 11) is 0. The van der Waals surface area contributed by atoms with Gasteiger partial charge in [0, 0.05) is 23.4 Å². The zero-order chi connectivity index (χ0) is 25.9. The fourth-order valence-corrected chi connectivity index (χ4v) is 3.61. The quantitative estimate of drug-likeness (QED) is 0.344. The predicted molar refractivity (Wildman–Crippen MR) is 141 cm³/mol. The number of carbonyl (C=O) groups excluding carboxylic acids is 1. The van der Waals surface area contributed by atoms with Crippen LogP contribution in [0.3, 0.4) is 0 Å². The second-order valence-corrected chi connectivity index (χ2v) is 8.53. The summed E-state index contributed by atoms with van der Waals surface area (Å²) in [5.41, 5.74) is 3.75. The van der Waals surface area contributed by atoms with E-state index < -0.39 is 17.3 Å². The highest BCUT2D eigenvalue weighted by atomic mass is 19.1. The lowest BCUT2D eigenvalue weighted by Gasteiger charge is -2.24. The molecule has 0 aliphatic heterocycles. The number of nitrogens with one attached hydrogen (secondary N) is 1. The Kier molecular flexibility index (Phi) is 9.64. The number of carboxylic acids is 1. The molecule has 0 saturated carbocycles. The van der Waals surface area contributed by atoms with Crippen LogP contribution in [0.25, 0.3) is 0 Å². The minimum atomic E-state index is -1.39. The van der Waals surface area contributed by atoms with E-state index >= 15 is 0 Å². The van der Waals surface area contributed by atoms with Gasteiger partial charge in [-0.2, -0.15) is 0 Å². The number of nitrogens with zero attached hydrogens (tertiary/aromatic N) is 1.